The number of benzene rings is 1. The number of aryl methyl sites for hydroxylation is 1. The molecule has 0 bridgehead atoms. The van der Waals surface area contributed by atoms with E-state index < -0.39 is 0 Å². The van der Waals surface area contributed by atoms with E-state index in [2.05, 4.69) is 20.4 Å². The van der Waals surface area contributed by atoms with Crippen LogP contribution in [0.2, 0.25) is 0 Å². The number of hydrogen-bond acceptors (Lipinski definition) is 6. The van der Waals surface area contributed by atoms with E-state index in [1.165, 1.54) is 6.33 Å². The molecule has 0 unspecified atom stereocenters. The Balaban J connectivity index is 2.03. The molecule has 0 aliphatic rings. The van der Waals surface area contributed by atoms with E-state index in [1.807, 2.05) is 31.2 Å². The molecule has 2 heterocycles. The topological polar surface area (TPSA) is 73.1 Å². The summed E-state index contributed by atoms with van der Waals surface area (Å²) in [5, 5.41) is 8.08. The maximum atomic E-state index is 5.21. The number of ether oxygens (including phenoxy) is 1. The molecule has 0 aliphatic heterocycles. The van der Waals surface area contributed by atoms with Crippen LogP contribution in [0.25, 0.3) is 11.1 Å². The van der Waals surface area contributed by atoms with Crippen LogP contribution in [0.4, 0.5) is 11.5 Å². The minimum absolute atomic E-state index is 0.488. The average molecular weight is 270 g/mol. The minimum Gasteiger partial charge on any atom is -0.497 e. The Bertz CT molecular complexity index is 739. The maximum absolute atomic E-state index is 5.21. The molecule has 0 saturated heterocycles. The van der Waals surface area contributed by atoms with Crippen LogP contribution in [0, 0.1) is 0 Å². The van der Waals surface area contributed by atoms with Gasteiger partial charge in [-0.3, -0.25) is 0 Å². The number of nitrogens with zero attached hydrogens (tertiary/aromatic N) is 3. The highest BCUT2D eigenvalue weighted by Gasteiger charge is 2.13. The summed E-state index contributed by atoms with van der Waals surface area (Å²) in [5.41, 5.74) is 2.21. The van der Waals surface area contributed by atoms with Crippen molar-refractivity contribution in [2.45, 2.75) is 13.3 Å². The highest BCUT2D eigenvalue weighted by Crippen LogP contribution is 2.27. The molecule has 3 rings (SSSR count). The number of aromatic nitrogens is 3. The molecule has 1 N–H and O–H groups in total. The Morgan fingerprint density at radius 2 is 2.20 bits per heavy atom. The van der Waals surface area contributed by atoms with Crippen LogP contribution in [0.5, 0.6) is 5.75 Å². The molecule has 2 aromatic heterocycles. The van der Waals surface area contributed by atoms with Crippen LogP contribution in [0.3, 0.4) is 0 Å². The van der Waals surface area contributed by atoms with E-state index in [9.17, 15) is 0 Å². The molecule has 102 valence electrons. The van der Waals surface area contributed by atoms with Crippen molar-refractivity contribution in [1.82, 2.24) is 15.1 Å². The Morgan fingerprint density at radius 3 is 3.00 bits per heavy atom. The summed E-state index contributed by atoms with van der Waals surface area (Å²) < 4.78 is 10.4. The summed E-state index contributed by atoms with van der Waals surface area (Å²) in [5.74, 6) is 1.46. The molecule has 0 aliphatic carbocycles. The largest absolute Gasteiger partial charge is 0.497 e. The van der Waals surface area contributed by atoms with Gasteiger partial charge in [0.05, 0.1) is 12.8 Å². The molecule has 20 heavy (non-hydrogen) atoms. The first-order valence-electron chi connectivity index (χ1n) is 6.32. The second-order valence-corrected chi connectivity index (χ2v) is 4.24. The second-order valence-electron chi connectivity index (χ2n) is 4.24. The van der Waals surface area contributed by atoms with Crippen molar-refractivity contribution >= 4 is 22.6 Å². The Labute approximate surface area is 115 Å². The SMILES string of the molecule is CCc1noc2ncnc(Nc3cccc(OC)c3)c12. The number of anilines is 2. The molecule has 3 aromatic rings. The third kappa shape index (κ3) is 2.16. The Hall–Kier alpha value is -2.63. The van der Waals surface area contributed by atoms with Crippen LogP contribution in [0.1, 0.15) is 12.6 Å². The van der Waals surface area contributed by atoms with E-state index in [0.29, 0.717) is 11.5 Å². The molecule has 6 heteroatoms. The van der Waals surface area contributed by atoms with E-state index in [4.69, 9.17) is 9.26 Å². The molecule has 1 aromatic carbocycles. The molecule has 0 spiro atoms. The van der Waals surface area contributed by atoms with E-state index in [-0.39, 0.29) is 0 Å². The molecule has 0 atom stereocenters. The predicted molar refractivity (Wildman–Crippen MR) is 75.3 cm³/mol. The first kappa shape index (κ1) is 12.4. The highest BCUT2D eigenvalue weighted by molar-refractivity contribution is 5.89. The summed E-state index contributed by atoms with van der Waals surface area (Å²) in [7, 11) is 1.64. The van der Waals surface area contributed by atoms with Gasteiger partial charge in [0.1, 0.15) is 23.3 Å². The number of methoxy groups -OCH3 is 1. The Kier molecular flexibility index (Phi) is 3.20. The molecule has 0 saturated carbocycles. The monoisotopic (exact) mass is 270 g/mol. The number of nitrogens with one attached hydrogen (secondary N) is 1. The van der Waals surface area contributed by atoms with E-state index in [0.717, 1.165) is 28.9 Å². The molecular formula is C14H14N4O2. The predicted octanol–water partition coefficient (Wildman–Crippen LogP) is 2.93. The average Bonchev–Trinajstić information content (AvgIpc) is 2.92. The van der Waals surface area contributed by atoms with E-state index >= 15 is 0 Å². The fraction of sp³-hybridized carbons (Fsp3) is 0.214. The first-order chi connectivity index (χ1) is 9.81. The summed E-state index contributed by atoms with van der Waals surface area (Å²) in [4.78, 5) is 8.36. The van der Waals surface area contributed by atoms with Gasteiger partial charge in [0.25, 0.3) is 5.71 Å². The van der Waals surface area contributed by atoms with Gasteiger partial charge in [0.2, 0.25) is 0 Å². The van der Waals surface area contributed by atoms with Crippen molar-refractivity contribution in [2.75, 3.05) is 12.4 Å². The van der Waals surface area contributed by atoms with Crippen LogP contribution in [-0.4, -0.2) is 22.2 Å². The van der Waals surface area contributed by atoms with Gasteiger partial charge in [0.15, 0.2) is 0 Å². The van der Waals surface area contributed by atoms with Crippen LogP contribution >= 0.6 is 0 Å². The summed E-state index contributed by atoms with van der Waals surface area (Å²) >= 11 is 0. The lowest BCUT2D eigenvalue weighted by Crippen LogP contribution is -1.96. The van der Waals surface area contributed by atoms with Crippen molar-refractivity contribution in [3.05, 3.63) is 36.3 Å². The number of hydrogen-bond donors (Lipinski definition) is 1. The normalized spacial score (nSPS) is 10.7. The van der Waals surface area contributed by atoms with Crippen molar-refractivity contribution in [3.63, 3.8) is 0 Å². The summed E-state index contributed by atoms with van der Waals surface area (Å²) in [6, 6.07) is 7.63. The minimum atomic E-state index is 0.488. The van der Waals surface area contributed by atoms with Crippen LogP contribution < -0.4 is 10.1 Å². The lowest BCUT2D eigenvalue weighted by atomic mass is 10.2. The molecule has 0 fully saturated rings. The third-order valence-electron chi connectivity index (χ3n) is 3.01. The Morgan fingerprint density at radius 1 is 1.30 bits per heavy atom. The third-order valence-corrected chi connectivity index (χ3v) is 3.01. The smallest absolute Gasteiger partial charge is 0.263 e. The lowest BCUT2D eigenvalue weighted by Gasteiger charge is -2.07. The molecule has 0 radical (unpaired) electrons. The summed E-state index contributed by atoms with van der Waals surface area (Å²) in [6.45, 7) is 2.01. The van der Waals surface area contributed by atoms with Crippen LogP contribution in [-0.2, 0) is 6.42 Å². The second kappa shape index (κ2) is 5.16. The molecule has 6 nitrogen and oxygen atoms in total. The van der Waals surface area contributed by atoms with Gasteiger partial charge >= 0.3 is 0 Å². The lowest BCUT2D eigenvalue weighted by molar-refractivity contribution is 0.415. The van der Waals surface area contributed by atoms with Gasteiger partial charge < -0.3 is 14.6 Å². The van der Waals surface area contributed by atoms with Gasteiger partial charge in [-0.05, 0) is 18.6 Å². The van der Waals surface area contributed by atoms with Gasteiger partial charge in [0, 0.05) is 11.8 Å². The maximum Gasteiger partial charge on any atom is 0.263 e. The zero-order valence-corrected chi connectivity index (χ0v) is 11.3. The van der Waals surface area contributed by atoms with Gasteiger partial charge in [-0.25, -0.2) is 4.98 Å². The molecule has 0 amide bonds. The van der Waals surface area contributed by atoms with Crippen molar-refractivity contribution in [2.24, 2.45) is 0 Å². The molecular weight excluding hydrogens is 256 g/mol. The van der Waals surface area contributed by atoms with Crippen molar-refractivity contribution in [1.29, 1.82) is 0 Å². The van der Waals surface area contributed by atoms with Crippen molar-refractivity contribution < 1.29 is 9.26 Å². The zero-order chi connectivity index (χ0) is 13.9. The standard InChI is InChI=1S/C14H14N4O2/c1-3-11-12-13(15-8-16-14(12)20-18-11)17-9-5-4-6-10(7-9)19-2/h4-8H,3H2,1-2H3,(H,15,16,17). The fourth-order valence-corrected chi connectivity index (χ4v) is 2.02. The van der Waals surface area contributed by atoms with Gasteiger partial charge in [-0.15, -0.1) is 0 Å². The highest BCUT2D eigenvalue weighted by atomic mass is 16.5. The van der Waals surface area contributed by atoms with Crippen LogP contribution in [0.15, 0.2) is 35.1 Å². The zero-order valence-electron chi connectivity index (χ0n) is 11.3. The van der Waals surface area contributed by atoms with E-state index in [1.54, 1.807) is 7.11 Å². The van der Waals surface area contributed by atoms with Crippen molar-refractivity contribution in [3.8, 4) is 5.75 Å². The number of fused-ring (bicyclic) bond motifs is 1. The number of rotatable bonds is 4. The van der Waals surface area contributed by atoms with Gasteiger partial charge in [-0.2, -0.15) is 4.98 Å². The first-order valence-corrected chi connectivity index (χ1v) is 6.32. The fourth-order valence-electron chi connectivity index (χ4n) is 2.02. The summed E-state index contributed by atoms with van der Waals surface area (Å²) in [6.07, 6.45) is 2.21. The van der Waals surface area contributed by atoms with Gasteiger partial charge in [-0.1, -0.05) is 18.1 Å². The quantitative estimate of drug-likeness (QED) is 0.785.